The van der Waals surface area contributed by atoms with Crippen molar-refractivity contribution < 1.29 is 4.79 Å². The van der Waals surface area contributed by atoms with Gasteiger partial charge in [-0.3, -0.25) is 5.32 Å². The predicted molar refractivity (Wildman–Crippen MR) is 99.1 cm³/mol. The topological polar surface area (TPSA) is 104 Å². The minimum Gasteiger partial charge on any atom is -0.398 e. The lowest BCUT2D eigenvalue weighted by atomic mass is 9.92. The van der Waals surface area contributed by atoms with Crippen molar-refractivity contribution in [2.45, 2.75) is 6.92 Å². The highest BCUT2D eigenvalue weighted by Crippen LogP contribution is 2.35. The summed E-state index contributed by atoms with van der Waals surface area (Å²) < 4.78 is 0. The van der Waals surface area contributed by atoms with Crippen LogP contribution >= 0.6 is 0 Å². The number of nitriles is 1. The van der Waals surface area contributed by atoms with Crippen molar-refractivity contribution in [3.8, 4) is 17.2 Å². The smallest absolute Gasteiger partial charge is 0.320 e. The molecule has 1 aromatic heterocycles. The van der Waals surface area contributed by atoms with E-state index in [9.17, 15) is 10.1 Å². The maximum Gasteiger partial charge on any atom is 0.320 e. The molecule has 2 amide bonds. The Morgan fingerprint density at radius 3 is 2.64 bits per heavy atom. The number of urea groups is 1. The highest BCUT2D eigenvalue weighted by Gasteiger charge is 2.15. The summed E-state index contributed by atoms with van der Waals surface area (Å²) in [6, 6.07) is 13.2. The molecule has 0 aliphatic carbocycles. The van der Waals surface area contributed by atoms with E-state index in [0.29, 0.717) is 27.8 Å². The molecule has 6 heteroatoms. The summed E-state index contributed by atoms with van der Waals surface area (Å²) in [6.07, 6.45) is 1.57. The van der Waals surface area contributed by atoms with Crippen molar-refractivity contribution in [2.24, 2.45) is 0 Å². The summed E-state index contributed by atoms with van der Waals surface area (Å²) in [6.45, 7) is 1.99. The second-order valence-electron chi connectivity index (χ2n) is 5.63. The van der Waals surface area contributed by atoms with Crippen LogP contribution in [0.25, 0.3) is 21.9 Å². The fourth-order valence-electron chi connectivity index (χ4n) is 2.80. The molecule has 1 heterocycles. The van der Waals surface area contributed by atoms with Crippen LogP contribution < -0.4 is 16.4 Å². The van der Waals surface area contributed by atoms with Crippen LogP contribution in [0.3, 0.4) is 0 Å². The Morgan fingerprint density at radius 1 is 1.20 bits per heavy atom. The van der Waals surface area contributed by atoms with E-state index in [0.717, 1.165) is 16.7 Å². The van der Waals surface area contributed by atoms with Gasteiger partial charge in [0.2, 0.25) is 0 Å². The van der Waals surface area contributed by atoms with E-state index in [1.165, 1.54) is 7.05 Å². The number of amides is 2. The van der Waals surface area contributed by atoms with Crippen LogP contribution in [-0.4, -0.2) is 18.1 Å². The molecule has 3 aromatic rings. The molecule has 4 N–H and O–H groups in total. The maximum absolute atomic E-state index is 11.5. The van der Waals surface area contributed by atoms with Gasteiger partial charge in [-0.25, -0.2) is 9.78 Å². The molecular weight excluding hydrogens is 314 g/mol. The zero-order valence-corrected chi connectivity index (χ0v) is 13.9. The van der Waals surface area contributed by atoms with E-state index < -0.39 is 0 Å². The molecule has 0 aliphatic rings. The zero-order chi connectivity index (χ0) is 18.0. The van der Waals surface area contributed by atoms with Gasteiger partial charge in [-0.2, -0.15) is 5.26 Å². The van der Waals surface area contributed by atoms with Gasteiger partial charge < -0.3 is 11.1 Å². The van der Waals surface area contributed by atoms with Gasteiger partial charge in [-0.05, 0) is 30.2 Å². The fraction of sp³-hybridized carbons (Fsp3) is 0.105. The van der Waals surface area contributed by atoms with Gasteiger partial charge >= 0.3 is 6.03 Å². The van der Waals surface area contributed by atoms with E-state index in [1.807, 2.05) is 31.2 Å². The molecule has 0 fully saturated rings. The quantitative estimate of drug-likeness (QED) is 0.626. The average molecular weight is 331 g/mol. The Hall–Kier alpha value is -3.59. The number of aryl methyl sites for hydroxylation is 1. The van der Waals surface area contributed by atoms with Gasteiger partial charge in [-0.1, -0.05) is 24.3 Å². The lowest BCUT2D eigenvalue weighted by Crippen LogP contribution is -2.24. The predicted octanol–water partition coefficient (Wildman–Crippen LogP) is 3.42. The Balaban J connectivity index is 2.28. The molecule has 0 saturated carbocycles. The van der Waals surface area contributed by atoms with Crippen LogP contribution in [0.4, 0.5) is 16.3 Å². The number of hydrogen-bond acceptors (Lipinski definition) is 4. The Bertz CT molecular complexity index is 1020. The van der Waals surface area contributed by atoms with E-state index >= 15 is 0 Å². The number of nitrogens with one attached hydrogen (secondary N) is 2. The summed E-state index contributed by atoms with van der Waals surface area (Å²) in [5.74, 6) is 0.352. The van der Waals surface area contributed by atoms with Gasteiger partial charge in [0.25, 0.3) is 0 Å². The molecule has 124 valence electrons. The third-order valence-electron chi connectivity index (χ3n) is 4.07. The second-order valence-corrected chi connectivity index (χ2v) is 5.63. The molecule has 25 heavy (non-hydrogen) atoms. The minimum atomic E-state index is -0.381. The van der Waals surface area contributed by atoms with E-state index in [2.05, 4.69) is 21.7 Å². The number of fused-ring (bicyclic) bond motifs is 1. The van der Waals surface area contributed by atoms with Crippen molar-refractivity contribution in [3.63, 3.8) is 0 Å². The van der Waals surface area contributed by atoms with Crippen molar-refractivity contribution in [2.75, 3.05) is 18.1 Å². The van der Waals surface area contributed by atoms with Gasteiger partial charge in [0.15, 0.2) is 0 Å². The number of anilines is 2. The molecule has 0 spiro atoms. The van der Waals surface area contributed by atoms with Crippen LogP contribution in [0.5, 0.6) is 0 Å². The van der Waals surface area contributed by atoms with Gasteiger partial charge in [0.1, 0.15) is 11.9 Å². The molecule has 3 rings (SSSR count). The zero-order valence-electron chi connectivity index (χ0n) is 13.9. The number of nitrogen functional groups attached to an aromatic ring is 1. The first-order chi connectivity index (χ1) is 12.0. The first kappa shape index (κ1) is 16.3. The van der Waals surface area contributed by atoms with E-state index in [1.54, 1.807) is 18.3 Å². The number of aromatic nitrogens is 1. The molecule has 6 nitrogen and oxygen atoms in total. The number of carbonyl (C=O) groups is 1. The largest absolute Gasteiger partial charge is 0.398 e. The molecule has 0 bridgehead atoms. The fourth-order valence-corrected chi connectivity index (χ4v) is 2.80. The number of nitrogens with two attached hydrogens (primary N) is 1. The molecule has 0 radical (unpaired) electrons. The number of hydrogen-bond donors (Lipinski definition) is 3. The summed E-state index contributed by atoms with van der Waals surface area (Å²) >= 11 is 0. The van der Waals surface area contributed by atoms with Gasteiger partial charge in [0.05, 0.1) is 5.56 Å². The number of carbonyl (C=O) groups excluding carboxylic acids is 1. The SMILES string of the molecule is CNC(=O)Nc1cc2c(C#N)c(-c3ccccc3C)cc(N)c2cn1. The van der Waals surface area contributed by atoms with Crippen molar-refractivity contribution in [3.05, 3.63) is 53.7 Å². The average Bonchev–Trinajstić information content (AvgIpc) is 2.61. The standard InChI is InChI=1S/C19H17N5O/c1-11-5-3-4-6-12(11)13-7-17(21)16-10-23-18(24-19(25)22-2)8-14(16)15(13)9-20/h3-8,10H,21H2,1-2H3,(H2,22,23,24,25). The molecular formula is C19H17N5O. The summed E-state index contributed by atoms with van der Waals surface area (Å²) in [5, 5.41) is 16.2. The number of pyridine rings is 1. The second kappa shape index (κ2) is 6.49. The van der Waals surface area contributed by atoms with Crippen molar-refractivity contribution in [1.82, 2.24) is 10.3 Å². The van der Waals surface area contributed by atoms with Crippen molar-refractivity contribution in [1.29, 1.82) is 5.26 Å². The van der Waals surface area contributed by atoms with Crippen LogP contribution in [0, 0.1) is 18.3 Å². The van der Waals surface area contributed by atoms with Crippen molar-refractivity contribution >= 4 is 28.3 Å². The number of nitrogens with zero attached hydrogens (tertiary/aromatic N) is 2. The first-order valence-corrected chi connectivity index (χ1v) is 7.72. The van der Waals surface area contributed by atoms with Gasteiger partial charge in [-0.15, -0.1) is 0 Å². The first-order valence-electron chi connectivity index (χ1n) is 7.72. The third-order valence-corrected chi connectivity index (χ3v) is 4.07. The minimum absolute atomic E-state index is 0.352. The molecule has 0 saturated heterocycles. The summed E-state index contributed by atoms with van der Waals surface area (Å²) in [4.78, 5) is 15.7. The molecule has 0 unspecified atom stereocenters. The van der Waals surface area contributed by atoms with E-state index in [-0.39, 0.29) is 6.03 Å². The lowest BCUT2D eigenvalue weighted by Gasteiger charge is -2.13. The Morgan fingerprint density at radius 2 is 1.96 bits per heavy atom. The monoisotopic (exact) mass is 331 g/mol. The van der Waals surface area contributed by atoms with Crippen LogP contribution in [0.1, 0.15) is 11.1 Å². The third kappa shape index (κ3) is 2.95. The molecule has 0 atom stereocenters. The van der Waals surface area contributed by atoms with Crippen LogP contribution in [0.15, 0.2) is 42.6 Å². The van der Waals surface area contributed by atoms with Crippen LogP contribution in [-0.2, 0) is 0 Å². The maximum atomic E-state index is 11.5. The Kier molecular flexibility index (Phi) is 4.23. The highest BCUT2D eigenvalue weighted by atomic mass is 16.2. The summed E-state index contributed by atoms with van der Waals surface area (Å²) in [7, 11) is 1.52. The molecule has 2 aromatic carbocycles. The summed E-state index contributed by atoms with van der Waals surface area (Å²) in [5.41, 5.74) is 10.00. The number of rotatable bonds is 2. The van der Waals surface area contributed by atoms with Crippen LogP contribution in [0.2, 0.25) is 0 Å². The van der Waals surface area contributed by atoms with E-state index in [4.69, 9.17) is 5.73 Å². The highest BCUT2D eigenvalue weighted by molar-refractivity contribution is 6.03. The number of benzene rings is 2. The van der Waals surface area contributed by atoms with Gasteiger partial charge in [0, 0.05) is 35.3 Å². The lowest BCUT2D eigenvalue weighted by molar-refractivity contribution is 0.254. The molecule has 0 aliphatic heterocycles. The Labute approximate surface area is 145 Å². The normalized spacial score (nSPS) is 10.3.